The fraction of sp³-hybridized carbons (Fsp3) is 0.250. The van der Waals surface area contributed by atoms with Gasteiger partial charge in [-0.3, -0.25) is 10.1 Å². The highest BCUT2D eigenvalue weighted by atomic mass is 16.6. The van der Waals surface area contributed by atoms with Gasteiger partial charge in [-0.05, 0) is 19.1 Å². The summed E-state index contributed by atoms with van der Waals surface area (Å²) in [7, 11) is 1.75. The van der Waals surface area contributed by atoms with E-state index >= 15 is 0 Å². The molecule has 0 bridgehead atoms. The molecule has 0 aliphatic rings. The van der Waals surface area contributed by atoms with Gasteiger partial charge in [0, 0.05) is 13.1 Å². The van der Waals surface area contributed by atoms with Gasteiger partial charge < -0.3 is 14.4 Å². The number of nitrogens with zero attached hydrogens (tertiary/aromatic N) is 4. The van der Waals surface area contributed by atoms with Crippen molar-refractivity contribution in [1.29, 1.82) is 0 Å². The summed E-state index contributed by atoms with van der Waals surface area (Å²) < 4.78 is 7.05. The van der Waals surface area contributed by atoms with Crippen molar-refractivity contribution in [2.75, 3.05) is 0 Å². The smallest absolute Gasteiger partial charge is 0.335 e. The van der Waals surface area contributed by atoms with Gasteiger partial charge in [-0.1, -0.05) is 0 Å². The molecule has 0 radical (unpaired) electrons. The summed E-state index contributed by atoms with van der Waals surface area (Å²) in [6.45, 7) is 1.76. The van der Waals surface area contributed by atoms with E-state index < -0.39 is 16.6 Å². The highest BCUT2D eigenvalue weighted by Crippen LogP contribution is 2.28. The largest absolute Gasteiger partial charge is 0.479 e. The lowest BCUT2D eigenvalue weighted by Gasteiger charge is -2.07. The fourth-order valence-electron chi connectivity index (χ4n) is 1.63. The van der Waals surface area contributed by atoms with Crippen molar-refractivity contribution in [1.82, 2.24) is 14.8 Å². The van der Waals surface area contributed by atoms with Gasteiger partial charge in [-0.2, -0.15) is 0 Å². The van der Waals surface area contributed by atoms with Gasteiger partial charge in [0.05, 0.1) is 10.5 Å². The minimum Gasteiger partial charge on any atom is -0.479 e. The summed E-state index contributed by atoms with van der Waals surface area (Å²) in [5.74, 6) is -0.0762. The number of carbonyl (C=O) groups is 1. The van der Waals surface area contributed by atoms with Crippen molar-refractivity contribution in [2.45, 2.75) is 13.5 Å². The highest BCUT2D eigenvalue weighted by molar-refractivity contribution is 5.88. The minimum atomic E-state index is -1.24. The fourth-order valence-corrected chi connectivity index (χ4v) is 1.63. The van der Waals surface area contributed by atoms with Crippen LogP contribution < -0.4 is 4.74 Å². The molecule has 2 rings (SSSR count). The van der Waals surface area contributed by atoms with Crippen LogP contribution in [-0.2, 0) is 13.7 Å². The molecule has 1 heterocycles. The molecular weight excluding hydrogens is 280 g/mol. The molecule has 21 heavy (non-hydrogen) atoms. The van der Waals surface area contributed by atoms with Gasteiger partial charge in [0.15, 0.2) is 11.6 Å². The second-order valence-electron chi connectivity index (χ2n) is 4.26. The first-order chi connectivity index (χ1) is 9.90. The van der Waals surface area contributed by atoms with E-state index in [9.17, 15) is 14.9 Å². The SMILES string of the molecule is Cc1nnc(COc2ccc(C(=O)O)cc2[N+](=O)[O-])n1C. The molecule has 110 valence electrons. The number of aromatic nitrogens is 3. The van der Waals surface area contributed by atoms with E-state index in [-0.39, 0.29) is 17.9 Å². The Labute approximate surface area is 118 Å². The molecule has 0 spiro atoms. The molecule has 0 saturated heterocycles. The average Bonchev–Trinajstić information content (AvgIpc) is 2.76. The Hall–Kier alpha value is -2.97. The van der Waals surface area contributed by atoms with E-state index in [2.05, 4.69) is 10.2 Å². The van der Waals surface area contributed by atoms with Crippen molar-refractivity contribution in [2.24, 2.45) is 7.05 Å². The Morgan fingerprint density at radius 3 is 2.71 bits per heavy atom. The van der Waals surface area contributed by atoms with Crippen molar-refractivity contribution < 1.29 is 19.6 Å². The molecule has 9 heteroatoms. The second kappa shape index (κ2) is 5.57. The van der Waals surface area contributed by atoms with Gasteiger partial charge in [0.25, 0.3) is 0 Å². The molecule has 0 saturated carbocycles. The number of aromatic carboxylic acids is 1. The van der Waals surface area contributed by atoms with Crippen LogP contribution in [0.15, 0.2) is 18.2 Å². The van der Waals surface area contributed by atoms with Crippen molar-refractivity contribution in [3.8, 4) is 5.75 Å². The molecule has 0 fully saturated rings. The Bertz CT molecular complexity index is 710. The summed E-state index contributed by atoms with van der Waals surface area (Å²) in [5.41, 5.74) is -0.586. The molecule has 0 atom stereocenters. The first-order valence-corrected chi connectivity index (χ1v) is 5.89. The summed E-state index contributed by atoms with van der Waals surface area (Å²) in [5, 5.41) is 27.5. The zero-order chi connectivity index (χ0) is 15.6. The Balaban J connectivity index is 2.25. The number of ether oxygens (including phenoxy) is 1. The monoisotopic (exact) mass is 292 g/mol. The van der Waals surface area contributed by atoms with E-state index in [4.69, 9.17) is 9.84 Å². The molecule has 1 N–H and O–H groups in total. The van der Waals surface area contributed by atoms with Gasteiger partial charge in [-0.25, -0.2) is 4.79 Å². The van der Waals surface area contributed by atoms with Gasteiger partial charge in [0.1, 0.15) is 12.4 Å². The van der Waals surface area contributed by atoms with E-state index in [0.29, 0.717) is 11.6 Å². The maximum atomic E-state index is 11.0. The van der Waals surface area contributed by atoms with E-state index in [1.807, 2.05) is 0 Å². The number of nitro benzene ring substituents is 1. The molecular formula is C12H12N4O5. The second-order valence-corrected chi connectivity index (χ2v) is 4.26. The van der Waals surface area contributed by atoms with Crippen LogP contribution in [0.5, 0.6) is 5.75 Å². The Morgan fingerprint density at radius 1 is 1.48 bits per heavy atom. The van der Waals surface area contributed by atoms with Gasteiger partial charge in [-0.15, -0.1) is 10.2 Å². The van der Waals surface area contributed by atoms with Crippen molar-refractivity contribution in [3.63, 3.8) is 0 Å². The summed E-state index contributed by atoms with van der Waals surface area (Å²) >= 11 is 0. The third kappa shape index (κ3) is 2.96. The van der Waals surface area contributed by atoms with Crippen LogP contribution in [0.25, 0.3) is 0 Å². The molecule has 2 aromatic rings. The standard InChI is InChI=1S/C12H12N4O5/c1-7-13-14-11(15(7)2)6-21-10-4-3-8(12(17)18)5-9(10)16(19)20/h3-5H,6H2,1-2H3,(H,17,18). The maximum Gasteiger partial charge on any atom is 0.335 e. The summed E-state index contributed by atoms with van der Waals surface area (Å²) in [4.78, 5) is 21.1. The zero-order valence-electron chi connectivity index (χ0n) is 11.3. The molecule has 0 amide bonds. The van der Waals surface area contributed by atoms with Crippen LogP contribution in [0, 0.1) is 17.0 Å². The number of nitro groups is 1. The number of aryl methyl sites for hydroxylation is 1. The van der Waals surface area contributed by atoms with Crippen LogP contribution in [0.4, 0.5) is 5.69 Å². The van der Waals surface area contributed by atoms with Gasteiger partial charge >= 0.3 is 11.7 Å². The number of benzene rings is 1. The van der Waals surface area contributed by atoms with Crippen LogP contribution in [-0.4, -0.2) is 30.8 Å². The number of carboxylic acid groups (broad SMARTS) is 1. The van der Waals surface area contributed by atoms with Crippen LogP contribution in [0.3, 0.4) is 0 Å². The molecule has 1 aromatic carbocycles. The van der Waals surface area contributed by atoms with Crippen molar-refractivity contribution >= 4 is 11.7 Å². The van der Waals surface area contributed by atoms with Gasteiger partial charge in [0.2, 0.25) is 0 Å². The van der Waals surface area contributed by atoms with E-state index in [1.54, 1.807) is 18.5 Å². The van der Waals surface area contributed by atoms with E-state index in [0.717, 1.165) is 6.07 Å². The predicted molar refractivity (Wildman–Crippen MR) is 70.1 cm³/mol. The molecule has 1 aromatic heterocycles. The van der Waals surface area contributed by atoms with Crippen LogP contribution in [0.1, 0.15) is 22.0 Å². The maximum absolute atomic E-state index is 11.0. The first kappa shape index (κ1) is 14.4. The number of hydrogen-bond acceptors (Lipinski definition) is 6. The summed E-state index contributed by atoms with van der Waals surface area (Å²) in [6.07, 6.45) is 0. The Morgan fingerprint density at radius 2 is 2.19 bits per heavy atom. The lowest BCUT2D eigenvalue weighted by atomic mass is 10.2. The predicted octanol–water partition coefficient (Wildman–Crippen LogP) is 1.31. The molecule has 0 aliphatic heterocycles. The summed E-state index contributed by atoms with van der Waals surface area (Å²) in [6, 6.07) is 3.46. The number of hydrogen-bond donors (Lipinski definition) is 1. The molecule has 0 unspecified atom stereocenters. The van der Waals surface area contributed by atoms with Crippen molar-refractivity contribution in [3.05, 3.63) is 45.5 Å². The lowest BCUT2D eigenvalue weighted by Crippen LogP contribution is -2.06. The Kier molecular flexibility index (Phi) is 3.83. The number of rotatable bonds is 5. The third-order valence-electron chi connectivity index (χ3n) is 2.94. The average molecular weight is 292 g/mol. The molecule has 9 nitrogen and oxygen atoms in total. The van der Waals surface area contributed by atoms with Crippen LogP contribution in [0.2, 0.25) is 0 Å². The quantitative estimate of drug-likeness (QED) is 0.651. The van der Waals surface area contributed by atoms with E-state index in [1.165, 1.54) is 12.1 Å². The minimum absolute atomic E-state index is 0.00933. The third-order valence-corrected chi connectivity index (χ3v) is 2.94. The topological polar surface area (TPSA) is 120 Å². The zero-order valence-corrected chi connectivity index (χ0v) is 11.3. The molecule has 0 aliphatic carbocycles. The normalized spacial score (nSPS) is 10.4. The lowest BCUT2D eigenvalue weighted by molar-refractivity contribution is -0.386. The first-order valence-electron chi connectivity index (χ1n) is 5.89. The highest BCUT2D eigenvalue weighted by Gasteiger charge is 2.19. The number of carboxylic acids is 1. The van der Waals surface area contributed by atoms with Crippen LogP contribution >= 0.6 is 0 Å².